The summed E-state index contributed by atoms with van der Waals surface area (Å²) in [5.41, 5.74) is 0.553. The minimum absolute atomic E-state index is 0.0460. The van der Waals surface area contributed by atoms with Crippen LogP contribution in [0, 0.1) is 0 Å². The third-order valence-corrected chi connectivity index (χ3v) is 6.58. The lowest BCUT2D eigenvalue weighted by molar-refractivity contribution is -0.107. The first-order valence-corrected chi connectivity index (χ1v) is 11.0. The number of aliphatic hydroxyl groups is 1. The van der Waals surface area contributed by atoms with E-state index in [0.29, 0.717) is 11.3 Å². The Morgan fingerprint density at radius 1 is 0.833 bits per heavy atom. The molecule has 140 valence electrons. The van der Waals surface area contributed by atoms with Gasteiger partial charge in [0.2, 0.25) is 5.12 Å². The number of carbonyl (C=O) groups excluding carboxylic acids is 1. The van der Waals surface area contributed by atoms with Crippen molar-refractivity contribution in [3.05, 3.63) is 11.3 Å². The molecule has 0 amide bonds. The van der Waals surface area contributed by atoms with Crippen molar-refractivity contribution in [2.75, 3.05) is 0 Å². The Morgan fingerprint density at radius 2 is 1.25 bits per heavy atom. The molecule has 0 spiro atoms. The first kappa shape index (κ1) is 21.6. The summed E-state index contributed by atoms with van der Waals surface area (Å²) in [4.78, 5) is 11.7. The van der Waals surface area contributed by atoms with Crippen molar-refractivity contribution in [2.24, 2.45) is 0 Å². The van der Waals surface area contributed by atoms with E-state index in [4.69, 9.17) is 0 Å². The fourth-order valence-corrected chi connectivity index (χ4v) is 4.63. The molecule has 1 aliphatic heterocycles. The summed E-state index contributed by atoms with van der Waals surface area (Å²) < 4.78 is -0.362. The number of hydrogen-bond acceptors (Lipinski definition) is 3. The highest BCUT2D eigenvalue weighted by Gasteiger charge is 2.41. The lowest BCUT2D eigenvalue weighted by Gasteiger charge is -2.22. The fourth-order valence-electron chi connectivity index (χ4n) is 3.47. The highest BCUT2D eigenvalue weighted by atomic mass is 32.2. The van der Waals surface area contributed by atoms with Gasteiger partial charge in [0.1, 0.15) is 5.76 Å². The van der Waals surface area contributed by atoms with Crippen molar-refractivity contribution < 1.29 is 9.90 Å². The molecule has 0 radical (unpaired) electrons. The summed E-state index contributed by atoms with van der Waals surface area (Å²) >= 11 is 1.31. The zero-order valence-corrected chi connectivity index (χ0v) is 17.0. The van der Waals surface area contributed by atoms with E-state index in [0.717, 1.165) is 12.8 Å². The molecule has 1 atom stereocenters. The van der Waals surface area contributed by atoms with Crippen molar-refractivity contribution in [2.45, 2.75) is 115 Å². The van der Waals surface area contributed by atoms with Crippen molar-refractivity contribution >= 4 is 16.9 Å². The Bertz CT molecular complexity index is 403. The largest absolute Gasteiger partial charge is 0.510 e. The van der Waals surface area contributed by atoms with Crippen LogP contribution in [0.5, 0.6) is 0 Å². The molecule has 0 aliphatic carbocycles. The molecule has 0 aromatic rings. The van der Waals surface area contributed by atoms with Gasteiger partial charge in [-0.2, -0.15) is 0 Å². The number of aliphatic hydroxyl groups excluding tert-OH is 1. The molecule has 1 heterocycles. The van der Waals surface area contributed by atoms with E-state index in [1.54, 1.807) is 6.92 Å². The predicted octanol–water partition coefficient (Wildman–Crippen LogP) is 7.33. The van der Waals surface area contributed by atoms with E-state index in [-0.39, 0.29) is 9.86 Å². The van der Waals surface area contributed by atoms with Crippen LogP contribution < -0.4 is 0 Å². The minimum Gasteiger partial charge on any atom is -0.510 e. The van der Waals surface area contributed by atoms with Gasteiger partial charge < -0.3 is 5.11 Å². The van der Waals surface area contributed by atoms with Crippen LogP contribution in [-0.2, 0) is 4.79 Å². The summed E-state index contributed by atoms with van der Waals surface area (Å²) in [5, 5.41) is 10.2. The molecule has 0 saturated heterocycles. The summed E-state index contributed by atoms with van der Waals surface area (Å²) in [5.74, 6) is 0.316. The molecule has 1 aliphatic rings. The van der Waals surface area contributed by atoms with E-state index in [1.807, 2.05) is 6.92 Å². The first-order chi connectivity index (χ1) is 11.5. The zero-order chi connectivity index (χ0) is 17.8. The molecule has 0 aromatic heterocycles. The Labute approximate surface area is 153 Å². The van der Waals surface area contributed by atoms with Gasteiger partial charge in [-0.3, -0.25) is 4.79 Å². The molecule has 0 bridgehead atoms. The number of carbonyl (C=O) groups is 1. The van der Waals surface area contributed by atoms with Crippen molar-refractivity contribution in [3.8, 4) is 0 Å². The summed E-state index contributed by atoms with van der Waals surface area (Å²) in [6, 6.07) is 0. The maximum Gasteiger partial charge on any atom is 0.219 e. The molecule has 0 saturated carbocycles. The Balaban J connectivity index is 1.92. The molecule has 0 fully saturated rings. The topological polar surface area (TPSA) is 37.3 Å². The van der Waals surface area contributed by atoms with Crippen LogP contribution in [0.25, 0.3) is 0 Å². The predicted molar refractivity (Wildman–Crippen MR) is 107 cm³/mol. The van der Waals surface area contributed by atoms with Crippen LogP contribution in [0.2, 0.25) is 0 Å². The highest BCUT2D eigenvalue weighted by Crippen LogP contribution is 2.45. The van der Waals surface area contributed by atoms with Gasteiger partial charge in [0.05, 0.1) is 4.75 Å². The van der Waals surface area contributed by atoms with Gasteiger partial charge in [0.15, 0.2) is 0 Å². The molecule has 0 aromatic carbocycles. The van der Waals surface area contributed by atoms with Crippen LogP contribution in [-0.4, -0.2) is 15.0 Å². The molecular formula is C21H38O2S. The zero-order valence-electron chi connectivity index (χ0n) is 16.2. The third-order valence-electron chi connectivity index (χ3n) is 5.24. The van der Waals surface area contributed by atoms with Gasteiger partial charge in [0.25, 0.3) is 0 Å². The van der Waals surface area contributed by atoms with Crippen molar-refractivity contribution in [3.63, 3.8) is 0 Å². The number of hydrogen-bond donors (Lipinski definition) is 1. The third kappa shape index (κ3) is 7.63. The quantitative estimate of drug-likeness (QED) is 0.332. The molecule has 1 N–H and O–H groups in total. The monoisotopic (exact) mass is 354 g/mol. The lowest BCUT2D eigenvalue weighted by Crippen LogP contribution is -2.20. The standard InChI is InChI=1S/C21H38O2S/c1-4-5-6-7-8-9-10-11-12-13-14-15-16-17-21(3)19(22)18(2)20(23)24-21/h22H,4-17H2,1-3H3. The maximum atomic E-state index is 11.7. The van der Waals surface area contributed by atoms with E-state index in [2.05, 4.69) is 6.92 Å². The van der Waals surface area contributed by atoms with Gasteiger partial charge in [0, 0.05) is 5.57 Å². The normalized spacial score (nSPS) is 21.0. The number of rotatable bonds is 14. The van der Waals surface area contributed by atoms with Crippen LogP contribution in [0.1, 0.15) is 111 Å². The molecule has 1 rings (SSSR count). The van der Waals surface area contributed by atoms with E-state index < -0.39 is 0 Å². The molecule has 24 heavy (non-hydrogen) atoms. The second-order valence-corrected chi connectivity index (χ2v) is 9.06. The van der Waals surface area contributed by atoms with Crippen molar-refractivity contribution in [1.29, 1.82) is 0 Å². The second-order valence-electron chi connectivity index (χ2n) is 7.59. The van der Waals surface area contributed by atoms with Gasteiger partial charge in [-0.1, -0.05) is 102 Å². The first-order valence-electron chi connectivity index (χ1n) is 10.1. The summed E-state index contributed by atoms with van der Waals surface area (Å²) in [6.07, 6.45) is 18.4. The van der Waals surface area contributed by atoms with Gasteiger partial charge in [-0.25, -0.2) is 0 Å². The second kappa shape index (κ2) is 12.0. The highest BCUT2D eigenvalue weighted by molar-refractivity contribution is 8.15. The van der Waals surface area contributed by atoms with Crippen LogP contribution >= 0.6 is 11.8 Å². The van der Waals surface area contributed by atoms with E-state index >= 15 is 0 Å². The minimum atomic E-state index is -0.362. The molecule has 2 nitrogen and oxygen atoms in total. The Hall–Kier alpha value is -0.440. The summed E-state index contributed by atoms with van der Waals surface area (Å²) in [7, 11) is 0. The van der Waals surface area contributed by atoms with Gasteiger partial charge in [-0.05, 0) is 20.3 Å². The van der Waals surface area contributed by atoms with Crippen molar-refractivity contribution in [1.82, 2.24) is 0 Å². The Morgan fingerprint density at radius 3 is 1.62 bits per heavy atom. The van der Waals surface area contributed by atoms with Gasteiger partial charge >= 0.3 is 0 Å². The average Bonchev–Trinajstić information content (AvgIpc) is 2.75. The number of unbranched alkanes of at least 4 members (excludes halogenated alkanes) is 12. The molecular weight excluding hydrogens is 316 g/mol. The molecule has 3 heteroatoms. The van der Waals surface area contributed by atoms with E-state index in [1.165, 1.54) is 88.8 Å². The SMILES string of the molecule is CCCCCCCCCCCCCCCC1(C)SC(=O)C(C)=C1O. The lowest BCUT2D eigenvalue weighted by atomic mass is 9.97. The average molecular weight is 355 g/mol. The Kier molecular flexibility index (Phi) is 10.8. The summed E-state index contributed by atoms with van der Waals surface area (Å²) in [6.45, 7) is 6.01. The van der Waals surface area contributed by atoms with Gasteiger partial charge in [-0.15, -0.1) is 0 Å². The smallest absolute Gasteiger partial charge is 0.219 e. The molecule has 1 unspecified atom stereocenters. The van der Waals surface area contributed by atoms with E-state index in [9.17, 15) is 9.90 Å². The fraction of sp³-hybridized carbons (Fsp3) is 0.857. The number of thioether (sulfide) groups is 1. The van der Waals surface area contributed by atoms with Crippen LogP contribution in [0.15, 0.2) is 11.3 Å². The van der Waals surface area contributed by atoms with Crippen LogP contribution in [0.3, 0.4) is 0 Å². The maximum absolute atomic E-state index is 11.7. The van der Waals surface area contributed by atoms with Crippen LogP contribution in [0.4, 0.5) is 0 Å².